The van der Waals surface area contributed by atoms with Crippen LogP contribution in [0.3, 0.4) is 0 Å². The summed E-state index contributed by atoms with van der Waals surface area (Å²) in [5.41, 5.74) is -0.961. The first-order chi connectivity index (χ1) is 8.63. The fourth-order valence-corrected chi connectivity index (χ4v) is 2.23. The quantitative estimate of drug-likeness (QED) is 0.862. The van der Waals surface area contributed by atoms with Gasteiger partial charge in [-0.05, 0) is 24.3 Å². The lowest BCUT2D eigenvalue weighted by Gasteiger charge is -2.08. The van der Waals surface area contributed by atoms with Crippen LogP contribution in [0.25, 0.3) is 0 Å². The smallest absolute Gasteiger partial charge is 0.416 e. The molecule has 0 spiro atoms. The molecule has 0 bridgehead atoms. The van der Waals surface area contributed by atoms with Crippen molar-refractivity contribution < 1.29 is 31.5 Å². The van der Waals surface area contributed by atoms with Crippen LogP contribution in [-0.4, -0.2) is 26.0 Å². The van der Waals surface area contributed by atoms with Gasteiger partial charge in [-0.3, -0.25) is 4.79 Å². The Morgan fingerprint density at radius 1 is 1.21 bits per heavy atom. The Morgan fingerprint density at radius 3 is 2.16 bits per heavy atom. The Morgan fingerprint density at radius 2 is 1.74 bits per heavy atom. The van der Waals surface area contributed by atoms with E-state index in [1.54, 1.807) is 0 Å². The molecule has 0 aliphatic carbocycles. The van der Waals surface area contributed by atoms with Gasteiger partial charge in [0.05, 0.1) is 16.9 Å². The van der Waals surface area contributed by atoms with Crippen molar-refractivity contribution in [2.45, 2.75) is 17.5 Å². The fraction of sp³-hybridized carbons (Fsp3) is 0.300. The van der Waals surface area contributed by atoms with Crippen molar-refractivity contribution in [1.82, 2.24) is 4.72 Å². The van der Waals surface area contributed by atoms with E-state index in [-0.39, 0.29) is 11.4 Å². The van der Waals surface area contributed by atoms with Crippen molar-refractivity contribution in [2.75, 3.05) is 6.54 Å². The second kappa shape index (κ2) is 5.57. The third-order valence-electron chi connectivity index (χ3n) is 2.12. The van der Waals surface area contributed by atoms with Crippen molar-refractivity contribution in [3.8, 4) is 0 Å². The first-order valence-electron chi connectivity index (χ1n) is 5.01. The second-order valence-corrected chi connectivity index (χ2v) is 5.33. The van der Waals surface area contributed by atoms with Crippen molar-refractivity contribution in [3.63, 3.8) is 0 Å². The number of carbonyl (C=O) groups is 1. The van der Waals surface area contributed by atoms with E-state index in [9.17, 15) is 26.4 Å². The lowest BCUT2D eigenvalue weighted by atomic mass is 10.2. The van der Waals surface area contributed by atoms with Gasteiger partial charge in [0.2, 0.25) is 10.0 Å². The first-order valence-corrected chi connectivity index (χ1v) is 6.50. The van der Waals surface area contributed by atoms with Crippen LogP contribution in [0.15, 0.2) is 29.2 Å². The molecule has 0 heterocycles. The maximum absolute atomic E-state index is 12.3. The summed E-state index contributed by atoms with van der Waals surface area (Å²) in [6.07, 6.45) is -4.96. The molecule has 0 aliphatic heterocycles. The molecule has 0 atom stereocenters. The molecule has 0 unspecified atom stereocenters. The maximum Gasteiger partial charge on any atom is 0.416 e. The number of aliphatic carboxylic acids is 1. The second-order valence-electron chi connectivity index (χ2n) is 3.56. The number of hydrogen-bond donors (Lipinski definition) is 2. The highest BCUT2D eigenvalue weighted by atomic mass is 32.2. The van der Waals surface area contributed by atoms with Crippen molar-refractivity contribution in [3.05, 3.63) is 29.8 Å². The van der Waals surface area contributed by atoms with Crippen molar-refractivity contribution in [1.29, 1.82) is 0 Å². The van der Waals surface area contributed by atoms with E-state index in [0.29, 0.717) is 12.1 Å². The minimum absolute atomic E-state index is 0.335. The summed E-state index contributed by atoms with van der Waals surface area (Å²) >= 11 is 0. The molecule has 2 N–H and O–H groups in total. The number of nitrogens with one attached hydrogen (secondary N) is 1. The van der Waals surface area contributed by atoms with Crippen molar-refractivity contribution >= 4 is 16.0 Å². The van der Waals surface area contributed by atoms with Gasteiger partial charge in [-0.15, -0.1) is 0 Å². The predicted octanol–water partition coefficient (Wildman–Crippen LogP) is 1.46. The predicted molar refractivity (Wildman–Crippen MR) is 58.9 cm³/mol. The zero-order chi connectivity index (χ0) is 14.7. The Balaban J connectivity index is 2.82. The van der Waals surface area contributed by atoms with Gasteiger partial charge >= 0.3 is 12.1 Å². The summed E-state index contributed by atoms with van der Waals surface area (Å²) in [6, 6.07) is 2.91. The normalized spacial score (nSPS) is 12.4. The Bertz CT molecular complexity index is 551. The first kappa shape index (κ1) is 15.4. The lowest BCUT2D eigenvalue weighted by molar-refractivity contribution is -0.138. The van der Waals surface area contributed by atoms with E-state index in [0.717, 1.165) is 12.1 Å². The summed E-state index contributed by atoms with van der Waals surface area (Å²) in [5.74, 6) is -1.19. The molecule has 0 amide bonds. The minimum atomic E-state index is -4.54. The molecule has 106 valence electrons. The van der Waals surface area contributed by atoms with E-state index in [2.05, 4.69) is 0 Å². The number of alkyl halides is 3. The summed E-state index contributed by atoms with van der Waals surface area (Å²) in [4.78, 5) is 9.86. The molecule has 5 nitrogen and oxygen atoms in total. The molecule has 19 heavy (non-hydrogen) atoms. The number of halogens is 3. The van der Waals surface area contributed by atoms with E-state index in [4.69, 9.17) is 5.11 Å². The van der Waals surface area contributed by atoms with Gasteiger partial charge in [-0.2, -0.15) is 13.2 Å². The largest absolute Gasteiger partial charge is 0.481 e. The van der Waals surface area contributed by atoms with Gasteiger partial charge in [0.25, 0.3) is 0 Å². The molecule has 0 radical (unpaired) electrons. The Kier molecular flexibility index (Phi) is 4.53. The third-order valence-corrected chi connectivity index (χ3v) is 3.60. The van der Waals surface area contributed by atoms with Gasteiger partial charge in [0.1, 0.15) is 0 Å². The van der Waals surface area contributed by atoms with Crippen LogP contribution in [0.2, 0.25) is 0 Å². The molecular weight excluding hydrogens is 287 g/mol. The van der Waals surface area contributed by atoms with Crippen LogP contribution in [0.4, 0.5) is 13.2 Å². The molecule has 0 aromatic heterocycles. The highest BCUT2D eigenvalue weighted by molar-refractivity contribution is 7.89. The Labute approximate surface area is 107 Å². The average Bonchev–Trinajstić information content (AvgIpc) is 2.27. The summed E-state index contributed by atoms with van der Waals surface area (Å²) < 4.78 is 62.0. The highest BCUT2D eigenvalue weighted by Gasteiger charge is 2.30. The van der Waals surface area contributed by atoms with Gasteiger partial charge in [-0.1, -0.05) is 0 Å². The number of hydrogen-bond acceptors (Lipinski definition) is 3. The highest BCUT2D eigenvalue weighted by Crippen LogP contribution is 2.29. The summed E-state index contributed by atoms with van der Waals surface area (Å²) in [6.45, 7) is -0.335. The van der Waals surface area contributed by atoms with Crippen molar-refractivity contribution in [2.24, 2.45) is 0 Å². The van der Waals surface area contributed by atoms with Crippen LogP contribution in [0.5, 0.6) is 0 Å². The molecule has 0 saturated carbocycles. The molecule has 1 aromatic carbocycles. The number of rotatable bonds is 5. The minimum Gasteiger partial charge on any atom is -0.481 e. The zero-order valence-electron chi connectivity index (χ0n) is 9.44. The Hall–Kier alpha value is -1.61. The number of carboxylic acid groups (broad SMARTS) is 1. The molecule has 0 saturated heterocycles. The number of benzene rings is 1. The van der Waals surface area contributed by atoms with Crippen LogP contribution in [-0.2, 0) is 21.0 Å². The molecule has 0 fully saturated rings. The molecule has 0 aliphatic rings. The van der Waals surface area contributed by atoms with Gasteiger partial charge in [0.15, 0.2) is 0 Å². The zero-order valence-corrected chi connectivity index (χ0v) is 10.3. The molecule has 1 aromatic rings. The van der Waals surface area contributed by atoms with Gasteiger partial charge in [0, 0.05) is 6.54 Å². The molecule has 1 rings (SSSR count). The van der Waals surface area contributed by atoms with Crippen LogP contribution >= 0.6 is 0 Å². The summed E-state index contributed by atoms with van der Waals surface area (Å²) in [5, 5.41) is 8.35. The SMILES string of the molecule is O=C(O)CCNS(=O)(=O)c1ccc(C(F)(F)F)cc1. The third kappa shape index (κ3) is 4.52. The van der Waals surface area contributed by atoms with E-state index < -0.39 is 34.2 Å². The fourth-order valence-electron chi connectivity index (χ4n) is 1.20. The van der Waals surface area contributed by atoms with Crippen LogP contribution in [0.1, 0.15) is 12.0 Å². The van der Waals surface area contributed by atoms with Crippen LogP contribution < -0.4 is 4.72 Å². The van der Waals surface area contributed by atoms with Gasteiger partial charge in [-0.25, -0.2) is 13.1 Å². The van der Waals surface area contributed by atoms with E-state index in [1.807, 2.05) is 4.72 Å². The van der Waals surface area contributed by atoms with Gasteiger partial charge < -0.3 is 5.11 Å². The van der Waals surface area contributed by atoms with Crippen LogP contribution in [0, 0.1) is 0 Å². The lowest BCUT2D eigenvalue weighted by Crippen LogP contribution is -2.26. The average molecular weight is 297 g/mol. The maximum atomic E-state index is 12.3. The van der Waals surface area contributed by atoms with E-state index in [1.165, 1.54) is 0 Å². The van der Waals surface area contributed by atoms with E-state index >= 15 is 0 Å². The molecular formula is C10H10F3NO4S. The topological polar surface area (TPSA) is 83.5 Å². The summed E-state index contributed by atoms with van der Waals surface area (Å²) in [7, 11) is -4.00. The number of sulfonamides is 1. The number of carboxylic acids is 1. The standard InChI is InChI=1S/C10H10F3NO4S/c11-10(12,13)7-1-3-8(4-2-7)19(17,18)14-6-5-9(15)16/h1-4,14H,5-6H2,(H,15,16). The molecule has 9 heteroatoms. The monoisotopic (exact) mass is 297 g/mol.